The highest BCUT2D eigenvalue weighted by molar-refractivity contribution is 7.13. The van der Waals surface area contributed by atoms with Crippen LogP contribution in [0.25, 0.3) is 10.6 Å². The maximum atomic E-state index is 12.5. The summed E-state index contributed by atoms with van der Waals surface area (Å²) in [7, 11) is 0. The van der Waals surface area contributed by atoms with Crippen LogP contribution < -0.4 is 10.1 Å². The molecule has 0 fully saturated rings. The molecule has 1 unspecified atom stereocenters. The predicted molar refractivity (Wildman–Crippen MR) is 83.6 cm³/mol. The molecule has 2 aromatic rings. The third-order valence-corrected chi connectivity index (χ3v) is 3.80. The summed E-state index contributed by atoms with van der Waals surface area (Å²) in [5.74, 6) is -1.41. The Morgan fingerprint density at radius 2 is 2.09 bits per heavy atom. The molecule has 23 heavy (non-hydrogen) atoms. The first-order valence-corrected chi connectivity index (χ1v) is 7.71. The van der Waals surface area contributed by atoms with Crippen molar-refractivity contribution < 1.29 is 23.8 Å². The minimum atomic E-state index is -1.57. The first-order valence-electron chi connectivity index (χ1n) is 6.83. The Morgan fingerprint density at radius 1 is 1.39 bits per heavy atom. The maximum absolute atomic E-state index is 12.5. The van der Waals surface area contributed by atoms with Gasteiger partial charge in [-0.25, -0.2) is 14.2 Å². The number of rotatable bonds is 7. The van der Waals surface area contributed by atoms with Crippen LogP contribution in [0.3, 0.4) is 0 Å². The Bertz CT molecular complexity index is 687. The summed E-state index contributed by atoms with van der Waals surface area (Å²) >= 11 is 1.24. The summed E-state index contributed by atoms with van der Waals surface area (Å²) in [6.07, 6.45) is 0. The first kappa shape index (κ1) is 16.9. The third kappa shape index (κ3) is 4.26. The number of ether oxygens (including phenoxy) is 1. The second-order valence-corrected chi connectivity index (χ2v) is 5.37. The highest BCUT2D eigenvalue weighted by Gasteiger charge is 2.22. The van der Waals surface area contributed by atoms with Crippen molar-refractivity contribution >= 4 is 23.2 Å². The second kappa shape index (κ2) is 7.68. The van der Waals surface area contributed by atoms with E-state index in [2.05, 4.69) is 10.3 Å². The molecule has 2 rings (SSSR count). The van der Waals surface area contributed by atoms with Crippen molar-refractivity contribution in [1.82, 2.24) is 10.3 Å². The topological polar surface area (TPSA) is 88.5 Å². The number of nitrogens with one attached hydrogen (secondary N) is 1. The standard InChI is InChI=1S/C15H15FN2O4S/c1-2-22-10-5-3-9(4-6-10)14-18-12(8-23-14)13(19)17-11(7-16)15(20)21/h3-6,8,11H,2,7H2,1H3,(H,17,19)(H,20,21). The van der Waals surface area contributed by atoms with Gasteiger partial charge in [0, 0.05) is 10.9 Å². The highest BCUT2D eigenvalue weighted by Crippen LogP contribution is 2.25. The fourth-order valence-corrected chi connectivity index (χ4v) is 2.58. The number of alkyl halides is 1. The van der Waals surface area contributed by atoms with Gasteiger partial charge < -0.3 is 15.2 Å². The number of carbonyl (C=O) groups excluding carboxylic acids is 1. The monoisotopic (exact) mass is 338 g/mol. The molecule has 0 saturated heterocycles. The summed E-state index contributed by atoms with van der Waals surface area (Å²) < 4.78 is 17.9. The van der Waals surface area contributed by atoms with Crippen LogP contribution in [-0.2, 0) is 4.79 Å². The number of carboxylic acid groups (broad SMARTS) is 1. The van der Waals surface area contributed by atoms with E-state index in [-0.39, 0.29) is 5.69 Å². The lowest BCUT2D eigenvalue weighted by molar-refractivity contribution is -0.139. The van der Waals surface area contributed by atoms with Crippen molar-refractivity contribution in [2.45, 2.75) is 13.0 Å². The van der Waals surface area contributed by atoms with Crippen molar-refractivity contribution in [2.75, 3.05) is 13.3 Å². The Morgan fingerprint density at radius 3 is 2.65 bits per heavy atom. The van der Waals surface area contributed by atoms with Gasteiger partial charge in [-0.15, -0.1) is 11.3 Å². The van der Waals surface area contributed by atoms with E-state index in [1.165, 1.54) is 16.7 Å². The van der Waals surface area contributed by atoms with E-state index in [0.29, 0.717) is 11.6 Å². The van der Waals surface area contributed by atoms with Gasteiger partial charge in [0.25, 0.3) is 5.91 Å². The molecular formula is C15H15FN2O4S. The molecule has 2 N–H and O–H groups in total. The van der Waals surface area contributed by atoms with Crippen LogP contribution in [-0.4, -0.2) is 41.3 Å². The predicted octanol–water partition coefficient (Wildman–Crippen LogP) is 2.36. The molecule has 1 atom stereocenters. The van der Waals surface area contributed by atoms with E-state index < -0.39 is 24.6 Å². The molecular weight excluding hydrogens is 323 g/mol. The van der Waals surface area contributed by atoms with Gasteiger partial charge in [-0.05, 0) is 31.2 Å². The van der Waals surface area contributed by atoms with E-state index >= 15 is 0 Å². The van der Waals surface area contributed by atoms with Crippen molar-refractivity contribution in [1.29, 1.82) is 0 Å². The second-order valence-electron chi connectivity index (χ2n) is 4.51. The minimum absolute atomic E-state index is 0.0542. The summed E-state index contributed by atoms with van der Waals surface area (Å²) in [6, 6.07) is 5.64. The molecule has 0 aliphatic carbocycles. The Balaban J connectivity index is 2.10. The summed E-state index contributed by atoms with van der Waals surface area (Å²) in [6.45, 7) is 1.28. The van der Waals surface area contributed by atoms with Crippen LogP contribution in [0.5, 0.6) is 5.75 Å². The van der Waals surface area contributed by atoms with Crippen molar-refractivity contribution in [3.63, 3.8) is 0 Å². The smallest absolute Gasteiger partial charge is 0.328 e. The average molecular weight is 338 g/mol. The zero-order valence-electron chi connectivity index (χ0n) is 12.3. The van der Waals surface area contributed by atoms with E-state index in [1.807, 2.05) is 19.1 Å². The number of thiazole rings is 1. The lowest BCUT2D eigenvalue weighted by Crippen LogP contribution is -2.42. The fraction of sp³-hybridized carbons (Fsp3) is 0.267. The number of aromatic nitrogens is 1. The lowest BCUT2D eigenvalue weighted by atomic mass is 10.2. The van der Waals surface area contributed by atoms with Gasteiger partial charge in [0.05, 0.1) is 6.61 Å². The van der Waals surface area contributed by atoms with Gasteiger partial charge in [-0.3, -0.25) is 4.79 Å². The minimum Gasteiger partial charge on any atom is -0.494 e. The first-order chi connectivity index (χ1) is 11.0. The molecule has 0 aliphatic rings. The number of hydrogen-bond acceptors (Lipinski definition) is 5. The Hall–Kier alpha value is -2.48. The number of carbonyl (C=O) groups is 2. The number of nitrogens with zero attached hydrogens (tertiary/aromatic N) is 1. The molecule has 1 aromatic heterocycles. The fourth-order valence-electron chi connectivity index (χ4n) is 1.77. The number of hydrogen-bond donors (Lipinski definition) is 2. The van der Waals surface area contributed by atoms with Crippen LogP contribution in [0.4, 0.5) is 4.39 Å². The molecule has 0 radical (unpaired) electrons. The molecule has 0 aliphatic heterocycles. The SMILES string of the molecule is CCOc1ccc(-c2nc(C(=O)NC(CF)C(=O)O)cs2)cc1. The van der Waals surface area contributed by atoms with E-state index in [0.717, 1.165) is 11.3 Å². The number of aliphatic carboxylic acids is 1. The van der Waals surface area contributed by atoms with Crippen molar-refractivity contribution in [2.24, 2.45) is 0 Å². The summed E-state index contributed by atoms with van der Waals surface area (Å²) in [5.41, 5.74) is 0.858. The van der Waals surface area contributed by atoms with Gasteiger partial charge in [0.1, 0.15) is 23.1 Å². The average Bonchev–Trinajstić information content (AvgIpc) is 3.03. The Kier molecular flexibility index (Phi) is 5.64. The largest absolute Gasteiger partial charge is 0.494 e. The van der Waals surface area contributed by atoms with Crippen LogP contribution in [0.1, 0.15) is 17.4 Å². The van der Waals surface area contributed by atoms with Crippen LogP contribution in [0, 0.1) is 0 Å². The van der Waals surface area contributed by atoms with E-state index in [9.17, 15) is 14.0 Å². The van der Waals surface area contributed by atoms with Gasteiger partial charge in [0.2, 0.25) is 0 Å². The van der Waals surface area contributed by atoms with Crippen molar-refractivity contribution in [3.05, 3.63) is 35.3 Å². The lowest BCUT2D eigenvalue weighted by Gasteiger charge is -2.08. The van der Waals surface area contributed by atoms with Gasteiger partial charge >= 0.3 is 5.97 Å². The normalized spacial score (nSPS) is 11.7. The number of halogens is 1. The Labute approximate surface area is 135 Å². The molecule has 122 valence electrons. The van der Waals surface area contributed by atoms with Gasteiger partial charge in [-0.2, -0.15) is 0 Å². The molecule has 1 aromatic carbocycles. The van der Waals surface area contributed by atoms with Gasteiger partial charge in [-0.1, -0.05) is 0 Å². The van der Waals surface area contributed by atoms with Crippen LogP contribution in [0.2, 0.25) is 0 Å². The van der Waals surface area contributed by atoms with E-state index in [1.54, 1.807) is 12.1 Å². The van der Waals surface area contributed by atoms with E-state index in [4.69, 9.17) is 9.84 Å². The zero-order valence-corrected chi connectivity index (χ0v) is 13.1. The highest BCUT2D eigenvalue weighted by atomic mass is 32.1. The zero-order chi connectivity index (χ0) is 16.8. The molecule has 1 heterocycles. The molecule has 0 bridgehead atoms. The summed E-state index contributed by atoms with van der Waals surface area (Å²) in [5, 5.41) is 12.9. The molecule has 6 nitrogen and oxygen atoms in total. The van der Waals surface area contributed by atoms with Crippen LogP contribution >= 0.6 is 11.3 Å². The number of carboxylic acids is 1. The maximum Gasteiger partial charge on any atom is 0.328 e. The molecule has 8 heteroatoms. The molecule has 0 spiro atoms. The summed E-state index contributed by atoms with van der Waals surface area (Å²) in [4.78, 5) is 26.8. The number of benzene rings is 1. The third-order valence-electron chi connectivity index (χ3n) is 2.91. The quantitative estimate of drug-likeness (QED) is 0.809. The van der Waals surface area contributed by atoms with Gasteiger partial charge in [0.15, 0.2) is 6.04 Å². The number of amides is 1. The molecule has 0 saturated carbocycles. The van der Waals surface area contributed by atoms with Crippen molar-refractivity contribution in [3.8, 4) is 16.3 Å². The van der Waals surface area contributed by atoms with Crippen LogP contribution in [0.15, 0.2) is 29.6 Å². The molecule has 1 amide bonds.